The van der Waals surface area contributed by atoms with Gasteiger partial charge in [0.1, 0.15) is 12.3 Å². The van der Waals surface area contributed by atoms with E-state index < -0.39 is 6.10 Å². The summed E-state index contributed by atoms with van der Waals surface area (Å²) < 4.78 is 5.53. The van der Waals surface area contributed by atoms with Crippen molar-refractivity contribution in [3.63, 3.8) is 0 Å². The lowest BCUT2D eigenvalue weighted by Gasteiger charge is -2.32. The third-order valence-electron chi connectivity index (χ3n) is 3.05. The molecule has 2 heterocycles. The number of carbonyl (C=O) groups excluding carboxylic acids is 2. The van der Waals surface area contributed by atoms with E-state index in [1.165, 1.54) is 16.2 Å². The first-order chi connectivity index (χ1) is 10.1. The van der Waals surface area contributed by atoms with Crippen molar-refractivity contribution in [2.75, 3.05) is 16.8 Å². The van der Waals surface area contributed by atoms with Gasteiger partial charge in [0.05, 0.1) is 5.69 Å². The molecule has 0 fully saturated rings. The first-order valence-corrected chi connectivity index (χ1v) is 7.29. The van der Waals surface area contributed by atoms with Crippen LogP contribution in [0, 0.1) is 0 Å². The zero-order chi connectivity index (χ0) is 14.8. The van der Waals surface area contributed by atoms with Crippen molar-refractivity contribution < 1.29 is 14.3 Å². The lowest BCUT2D eigenvalue weighted by atomic mass is 10.2. The number of para-hydroxylation sites is 2. The molecule has 1 atom stereocenters. The molecule has 0 saturated heterocycles. The van der Waals surface area contributed by atoms with Crippen LogP contribution >= 0.6 is 11.3 Å². The van der Waals surface area contributed by atoms with Crippen molar-refractivity contribution >= 4 is 34.0 Å². The molecule has 0 aliphatic carbocycles. The number of aromatic nitrogens is 1. The second kappa shape index (κ2) is 5.53. The van der Waals surface area contributed by atoms with Crippen molar-refractivity contribution in [1.29, 1.82) is 0 Å². The van der Waals surface area contributed by atoms with Gasteiger partial charge in [-0.25, -0.2) is 4.98 Å². The number of ether oxygens (including phenoxy) is 1. The van der Waals surface area contributed by atoms with E-state index in [0.29, 0.717) is 16.6 Å². The van der Waals surface area contributed by atoms with Crippen LogP contribution in [-0.2, 0) is 9.59 Å². The number of benzene rings is 1. The molecule has 1 N–H and O–H groups in total. The van der Waals surface area contributed by atoms with E-state index in [9.17, 15) is 9.59 Å². The molecule has 0 spiro atoms. The quantitative estimate of drug-likeness (QED) is 0.940. The Balaban J connectivity index is 1.80. The molecule has 3 rings (SSSR count). The second-order valence-corrected chi connectivity index (χ2v) is 5.43. The first-order valence-electron chi connectivity index (χ1n) is 6.41. The smallest absolute Gasteiger partial charge is 0.268 e. The minimum Gasteiger partial charge on any atom is -0.479 e. The van der Waals surface area contributed by atoms with Gasteiger partial charge in [0.15, 0.2) is 11.2 Å². The van der Waals surface area contributed by atoms with Crippen molar-refractivity contribution in [3.8, 4) is 5.75 Å². The highest BCUT2D eigenvalue weighted by Crippen LogP contribution is 2.33. The minimum absolute atomic E-state index is 0.0663. The molecule has 1 aromatic heterocycles. The lowest BCUT2D eigenvalue weighted by molar-refractivity contribution is -0.127. The summed E-state index contributed by atoms with van der Waals surface area (Å²) in [6.07, 6.45) is 1.00. The zero-order valence-corrected chi connectivity index (χ0v) is 12.1. The molecule has 0 unspecified atom stereocenters. The highest BCUT2D eigenvalue weighted by molar-refractivity contribution is 7.13. The molecule has 21 heavy (non-hydrogen) atoms. The molecule has 1 aliphatic heterocycles. The average molecular weight is 303 g/mol. The van der Waals surface area contributed by atoms with Gasteiger partial charge in [-0.1, -0.05) is 12.1 Å². The SMILES string of the molecule is C[C@@H]1Oc2ccccc2N(CC(=O)Nc2nccs2)C1=O. The Bertz CT molecular complexity index is 672. The largest absolute Gasteiger partial charge is 0.479 e. The minimum atomic E-state index is -0.604. The van der Waals surface area contributed by atoms with Gasteiger partial charge in [0, 0.05) is 11.6 Å². The highest BCUT2D eigenvalue weighted by atomic mass is 32.1. The van der Waals surface area contributed by atoms with Crippen LogP contribution in [0.25, 0.3) is 0 Å². The number of hydrogen-bond acceptors (Lipinski definition) is 5. The highest BCUT2D eigenvalue weighted by Gasteiger charge is 2.32. The van der Waals surface area contributed by atoms with Crippen LogP contribution in [0.3, 0.4) is 0 Å². The lowest BCUT2D eigenvalue weighted by Crippen LogP contribution is -2.47. The average Bonchev–Trinajstić information content (AvgIpc) is 2.96. The standard InChI is InChI=1S/C14H13N3O3S/c1-9-13(19)17(10-4-2-3-5-11(10)20-9)8-12(18)16-14-15-6-7-21-14/h2-7,9H,8H2,1H3,(H,15,16,18)/t9-/m0/s1. The van der Waals surface area contributed by atoms with Crippen LogP contribution in [0.5, 0.6) is 5.75 Å². The van der Waals surface area contributed by atoms with E-state index in [-0.39, 0.29) is 18.4 Å². The topological polar surface area (TPSA) is 71.5 Å². The van der Waals surface area contributed by atoms with Gasteiger partial charge in [0.25, 0.3) is 5.91 Å². The van der Waals surface area contributed by atoms with E-state index in [4.69, 9.17) is 4.74 Å². The predicted molar refractivity (Wildman–Crippen MR) is 79.6 cm³/mol. The van der Waals surface area contributed by atoms with E-state index in [1.807, 2.05) is 6.07 Å². The van der Waals surface area contributed by atoms with E-state index in [1.54, 1.807) is 36.7 Å². The molecule has 2 aromatic rings. The molecule has 1 aromatic carbocycles. The molecular formula is C14H13N3O3S. The Morgan fingerprint density at radius 3 is 3.05 bits per heavy atom. The first kappa shape index (κ1) is 13.6. The molecular weight excluding hydrogens is 290 g/mol. The summed E-state index contributed by atoms with van der Waals surface area (Å²) in [6, 6.07) is 7.17. The molecule has 0 radical (unpaired) electrons. The summed E-state index contributed by atoms with van der Waals surface area (Å²) >= 11 is 1.33. The zero-order valence-electron chi connectivity index (χ0n) is 11.3. The van der Waals surface area contributed by atoms with Crippen LogP contribution in [0.2, 0.25) is 0 Å². The molecule has 0 bridgehead atoms. The van der Waals surface area contributed by atoms with E-state index in [2.05, 4.69) is 10.3 Å². The number of anilines is 2. The Kier molecular flexibility index (Phi) is 3.57. The molecule has 108 valence electrons. The fraction of sp³-hybridized carbons (Fsp3) is 0.214. The van der Waals surface area contributed by atoms with Gasteiger partial charge in [0.2, 0.25) is 5.91 Å². The van der Waals surface area contributed by atoms with Crippen molar-refractivity contribution in [2.45, 2.75) is 13.0 Å². The van der Waals surface area contributed by atoms with Crippen molar-refractivity contribution in [1.82, 2.24) is 4.98 Å². The van der Waals surface area contributed by atoms with E-state index in [0.717, 1.165) is 0 Å². The van der Waals surface area contributed by atoms with Crippen LogP contribution in [0.4, 0.5) is 10.8 Å². The number of nitrogens with one attached hydrogen (secondary N) is 1. The third-order valence-corrected chi connectivity index (χ3v) is 3.74. The van der Waals surface area contributed by atoms with Gasteiger partial charge in [-0.2, -0.15) is 0 Å². The third kappa shape index (κ3) is 2.73. The van der Waals surface area contributed by atoms with Crippen molar-refractivity contribution in [3.05, 3.63) is 35.8 Å². The maximum Gasteiger partial charge on any atom is 0.268 e. The van der Waals surface area contributed by atoms with Gasteiger partial charge in [-0.05, 0) is 19.1 Å². The number of fused-ring (bicyclic) bond motifs is 1. The Morgan fingerprint density at radius 1 is 1.48 bits per heavy atom. The Labute approximate surface area is 125 Å². The summed E-state index contributed by atoms with van der Waals surface area (Å²) in [6.45, 7) is 1.60. The van der Waals surface area contributed by atoms with Crippen molar-refractivity contribution in [2.24, 2.45) is 0 Å². The number of rotatable bonds is 3. The van der Waals surface area contributed by atoms with Gasteiger partial charge < -0.3 is 10.1 Å². The number of amides is 2. The fourth-order valence-corrected chi connectivity index (χ4v) is 2.65. The predicted octanol–water partition coefficient (Wildman–Crippen LogP) is 1.90. The maximum absolute atomic E-state index is 12.2. The van der Waals surface area contributed by atoms with Gasteiger partial charge in [-0.15, -0.1) is 11.3 Å². The van der Waals surface area contributed by atoms with Crippen LogP contribution in [0.1, 0.15) is 6.92 Å². The summed E-state index contributed by atoms with van der Waals surface area (Å²) in [4.78, 5) is 29.7. The van der Waals surface area contributed by atoms with E-state index >= 15 is 0 Å². The second-order valence-electron chi connectivity index (χ2n) is 4.54. The Morgan fingerprint density at radius 2 is 2.29 bits per heavy atom. The number of thiazole rings is 1. The van der Waals surface area contributed by atoms with Gasteiger partial charge >= 0.3 is 0 Å². The summed E-state index contributed by atoms with van der Waals surface area (Å²) in [5.41, 5.74) is 0.606. The van der Waals surface area contributed by atoms with Crippen LogP contribution in [0.15, 0.2) is 35.8 Å². The maximum atomic E-state index is 12.2. The molecule has 0 saturated carbocycles. The fourth-order valence-electron chi connectivity index (χ4n) is 2.11. The van der Waals surface area contributed by atoms with Crippen LogP contribution in [-0.4, -0.2) is 29.4 Å². The Hall–Kier alpha value is -2.41. The number of hydrogen-bond donors (Lipinski definition) is 1. The van der Waals surface area contributed by atoms with Gasteiger partial charge in [-0.3, -0.25) is 14.5 Å². The monoisotopic (exact) mass is 303 g/mol. The molecule has 6 nitrogen and oxygen atoms in total. The normalized spacial score (nSPS) is 17.1. The molecule has 2 amide bonds. The van der Waals surface area contributed by atoms with Crippen LogP contribution < -0.4 is 15.0 Å². The summed E-state index contributed by atoms with van der Waals surface area (Å²) in [5, 5.41) is 4.96. The number of nitrogens with zero attached hydrogens (tertiary/aromatic N) is 2. The number of carbonyl (C=O) groups is 2. The molecule has 1 aliphatic rings. The summed E-state index contributed by atoms with van der Waals surface area (Å²) in [5.74, 6) is 0.0804. The molecule has 7 heteroatoms. The summed E-state index contributed by atoms with van der Waals surface area (Å²) in [7, 11) is 0.